The van der Waals surface area contributed by atoms with Crippen LogP contribution in [-0.4, -0.2) is 16.4 Å². The van der Waals surface area contributed by atoms with Crippen LogP contribution in [0.25, 0.3) is 11.3 Å². The van der Waals surface area contributed by atoms with E-state index in [1.165, 1.54) is 5.56 Å². The van der Waals surface area contributed by atoms with Crippen LogP contribution in [-0.2, 0) is 13.5 Å². The van der Waals surface area contributed by atoms with E-state index < -0.39 is 0 Å². The minimum absolute atomic E-state index is 0.653. The average Bonchev–Trinajstić information content (AvgIpc) is 2.53. The van der Waals surface area contributed by atoms with E-state index in [1.807, 2.05) is 36.1 Å². The van der Waals surface area contributed by atoms with Gasteiger partial charge in [-0.15, -0.1) is 0 Å². The lowest BCUT2D eigenvalue weighted by Gasteiger charge is -2.09. The molecule has 2 aromatic rings. The fourth-order valence-electron chi connectivity index (χ4n) is 2.11. The minimum Gasteiger partial charge on any atom is -0.490 e. The smallest absolute Gasteiger partial charge is 0.151 e. The molecule has 0 bridgehead atoms. The molecular formula is C12H13N3O. The van der Waals surface area contributed by atoms with Crippen molar-refractivity contribution in [3.63, 3.8) is 0 Å². The first-order chi connectivity index (χ1) is 7.75. The molecule has 0 atom stereocenters. The van der Waals surface area contributed by atoms with Gasteiger partial charge in [0.25, 0.3) is 0 Å². The number of hydrogen-bond donors (Lipinski definition) is 1. The third-order valence-electron chi connectivity index (χ3n) is 2.82. The first kappa shape index (κ1) is 9.27. The maximum absolute atomic E-state index is 5.92. The summed E-state index contributed by atoms with van der Waals surface area (Å²) in [6, 6.07) is 5.79. The number of nitrogen functional groups attached to an aromatic ring is 1. The number of rotatable bonds is 0. The Kier molecular flexibility index (Phi) is 1.89. The molecule has 0 spiro atoms. The highest BCUT2D eigenvalue weighted by molar-refractivity contribution is 5.77. The summed E-state index contributed by atoms with van der Waals surface area (Å²) in [7, 11) is 1.93. The fraction of sp³-hybridized carbons (Fsp3) is 0.250. The molecule has 0 aliphatic carbocycles. The lowest BCUT2D eigenvalue weighted by molar-refractivity contribution is 0.328. The molecule has 82 valence electrons. The summed E-state index contributed by atoms with van der Waals surface area (Å²) in [6.45, 7) is 0.653. The Balaban J connectivity index is 2.29. The zero-order valence-corrected chi connectivity index (χ0v) is 9.10. The highest BCUT2D eigenvalue weighted by Crippen LogP contribution is 2.37. The van der Waals surface area contributed by atoms with Gasteiger partial charge in [-0.25, -0.2) is 0 Å². The second-order valence-electron chi connectivity index (χ2n) is 4.00. The van der Waals surface area contributed by atoms with Crippen LogP contribution in [0.1, 0.15) is 5.56 Å². The number of benzene rings is 1. The summed E-state index contributed by atoms with van der Waals surface area (Å²) in [6.07, 6.45) is 2.91. The molecule has 0 amide bonds. The molecule has 0 fully saturated rings. The lowest BCUT2D eigenvalue weighted by atomic mass is 10.1. The van der Waals surface area contributed by atoms with Crippen molar-refractivity contribution in [1.82, 2.24) is 9.78 Å². The van der Waals surface area contributed by atoms with Crippen LogP contribution < -0.4 is 10.5 Å². The van der Waals surface area contributed by atoms with Crippen molar-refractivity contribution in [2.75, 3.05) is 12.3 Å². The summed E-state index contributed by atoms with van der Waals surface area (Å²) in [5, 5.41) is 4.47. The lowest BCUT2D eigenvalue weighted by Crippen LogP contribution is -2.01. The van der Waals surface area contributed by atoms with Crippen LogP contribution in [0.4, 0.5) is 5.69 Å². The summed E-state index contributed by atoms with van der Waals surface area (Å²) < 4.78 is 7.52. The van der Waals surface area contributed by atoms with Gasteiger partial charge in [-0.2, -0.15) is 5.10 Å². The summed E-state index contributed by atoms with van der Waals surface area (Å²) in [5.74, 6) is 0.764. The largest absolute Gasteiger partial charge is 0.490 e. The molecule has 4 heteroatoms. The number of para-hydroxylation sites is 1. The fourth-order valence-corrected chi connectivity index (χ4v) is 2.11. The number of hydrogen-bond acceptors (Lipinski definition) is 3. The van der Waals surface area contributed by atoms with Gasteiger partial charge >= 0.3 is 0 Å². The van der Waals surface area contributed by atoms with Gasteiger partial charge in [0.15, 0.2) is 5.75 Å². The van der Waals surface area contributed by atoms with Gasteiger partial charge < -0.3 is 10.5 Å². The predicted molar refractivity (Wildman–Crippen MR) is 62.3 cm³/mol. The normalized spacial score (nSPS) is 13.6. The van der Waals surface area contributed by atoms with E-state index in [4.69, 9.17) is 10.5 Å². The van der Waals surface area contributed by atoms with Gasteiger partial charge in [0.1, 0.15) is 0 Å². The third-order valence-corrected chi connectivity index (χ3v) is 2.82. The van der Waals surface area contributed by atoms with E-state index in [2.05, 4.69) is 5.10 Å². The van der Waals surface area contributed by atoms with Gasteiger partial charge in [0, 0.05) is 30.8 Å². The maximum Gasteiger partial charge on any atom is 0.151 e. The Morgan fingerprint density at radius 1 is 1.44 bits per heavy atom. The standard InChI is InChI=1S/C12H13N3O/c1-15-7-8-5-6-16-12-9(11(8)14-15)3-2-4-10(12)13/h2-4,7H,5-6,13H2,1H3. The SMILES string of the molecule is Cn1cc2c(n1)-c1cccc(N)c1OCC2. The van der Waals surface area contributed by atoms with Crippen LogP contribution in [0.2, 0.25) is 0 Å². The van der Waals surface area contributed by atoms with Crippen LogP contribution in [0.15, 0.2) is 24.4 Å². The predicted octanol–water partition coefficient (Wildman–Crippen LogP) is 1.60. The molecule has 2 heterocycles. The van der Waals surface area contributed by atoms with Gasteiger partial charge in [0.2, 0.25) is 0 Å². The van der Waals surface area contributed by atoms with Gasteiger partial charge in [0.05, 0.1) is 18.0 Å². The number of anilines is 1. The number of aryl methyl sites for hydroxylation is 1. The molecule has 0 unspecified atom stereocenters. The minimum atomic E-state index is 0.653. The van der Waals surface area contributed by atoms with Crippen molar-refractivity contribution >= 4 is 5.69 Å². The van der Waals surface area contributed by atoms with Crippen LogP contribution in [0.5, 0.6) is 5.75 Å². The zero-order chi connectivity index (χ0) is 11.1. The molecule has 3 rings (SSSR count). The Morgan fingerprint density at radius 2 is 2.31 bits per heavy atom. The highest BCUT2D eigenvalue weighted by Gasteiger charge is 2.19. The molecule has 0 radical (unpaired) electrons. The van der Waals surface area contributed by atoms with E-state index in [9.17, 15) is 0 Å². The molecule has 1 aromatic heterocycles. The van der Waals surface area contributed by atoms with Crippen LogP contribution in [0.3, 0.4) is 0 Å². The third kappa shape index (κ3) is 1.26. The Labute approximate surface area is 93.6 Å². The van der Waals surface area contributed by atoms with Gasteiger partial charge in [-0.3, -0.25) is 4.68 Å². The molecule has 0 saturated heterocycles. The van der Waals surface area contributed by atoms with Crippen LogP contribution in [0, 0.1) is 0 Å². The van der Waals surface area contributed by atoms with Crippen molar-refractivity contribution < 1.29 is 4.74 Å². The van der Waals surface area contributed by atoms with E-state index in [1.54, 1.807) is 0 Å². The average molecular weight is 215 g/mol. The van der Waals surface area contributed by atoms with Gasteiger partial charge in [-0.05, 0) is 12.1 Å². The number of nitrogens with zero attached hydrogens (tertiary/aromatic N) is 2. The maximum atomic E-state index is 5.92. The Bertz CT molecular complexity index is 545. The second-order valence-corrected chi connectivity index (χ2v) is 4.00. The van der Waals surface area contributed by atoms with E-state index in [0.29, 0.717) is 12.3 Å². The molecular weight excluding hydrogens is 202 g/mol. The van der Waals surface area contributed by atoms with E-state index in [-0.39, 0.29) is 0 Å². The van der Waals surface area contributed by atoms with Crippen molar-refractivity contribution in [3.05, 3.63) is 30.0 Å². The number of nitrogens with two attached hydrogens (primary N) is 1. The summed E-state index contributed by atoms with van der Waals surface area (Å²) in [4.78, 5) is 0. The Hall–Kier alpha value is -1.97. The first-order valence-electron chi connectivity index (χ1n) is 5.30. The summed E-state index contributed by atoms with van der Waals surface area (Å²) >= 11 is 0. The highest BCUT2D eigenvalue weighted by atomic mass is 16.5. The quantitative estimate of drug-likeness (QED) is 0.679. The van der Waals surface area contributed by atoms with Crippen molar-refractivity contribution in [2.45, 2.75) is 6.42 Å². The van der Waals surface area contributed by atoms with Crippen molar-refractivity contribution in [2.24, 2.45) is 7.05 Å². The van der Waals surface area contributed by atoms with Crippen molar-refractivity contribution in [3.8, 4) is 17.0 Å². The van der Waals surface area contributed by atoms with E-state index in [0.717, 1.165) is 23.4 Å². The molecule has 2 N–H and O–H groups in total. The Morgan fingerprint density at radius 3 is 3.19 bits per heavy atom. The molecule has 16 heavy (non-hydrogen) atoms. The molecule has 4 nitrogen and oxygen atoms in total. The molecule has 1 aliphatic heterocycles. The number of aromatic nitrogens is 2. The second kappa shape index (κ2) is 3.27. The topological polar surface area (TPSA) is 53.1 Å². The van der Waals surface area contributed by atoms with E-state index >= 15 is 0 Å². The van der Waals surface area contributed by atoms with Gasteiger partial charge in [-0.1, -0.05) is 6.07 Å². The number of fused-ring (bicyclic) bond motifs is 3. The molecule has 0 saturated carbocycles. The first-order valence-corrected chi connectivity index (χ1v) is 5.30. The number of ether oxygens (including phenoxy) is 1. The zero-order valence-electron chi connectivity index (χ0n) is 9.10. The molecule has 1 aromatic carbocycles. The molecule has 1 aliphatic rings. The van der Waals surface area contributed by atoms with Crippen molar-refractivity contribution in [1.29, 1.82) is 0 Å². The van der Waals surface area contributed by atoms with Crippen LogP contribution >= 0.6 is 0 Å². The summed E-state index contributed by atoms with van der Waals surface area (Å²) in [5.41, 5.74) is 9.79. The monoisotopic (exact) mass is 215 g/mol.